The van der Waals surface area contributed by atoms with Crippen LogP contribution in [-0.4, -0.2) is 63.0 Å². The summed E-state index contributed by atoms with van der Waals surface area (Å²) in [5.74, 6) is -1.26. The molecule has 180 valence electrons. The Kier molecular flexibility index (Phi) is 6.02. The van der Waals surface area contributed by atoms with Crippen LogP contribution < -0.4 is 5.32 Å². The smallest absolute Gasteiger partial charge is 0.256 e. The molecule has 10 heteroatoms. The third-order valence-corrected chi connectivity index (χ3v) is 6.67. The van der Waals surface area contributed by atoms with E-state index in [-0.39, 0.29) is 41.4 Å². The van der Waals surface area contributed by atoms with Crippen LogP contribution in [0.5, 0.6) is 0 Å². The van der Waals surface area contributed by atoms with Crippen molar-refractivity contribution in [1.82, 2.24) is 19.6 Å². The minimum Gasteiger partial charge on any atom is -0.338 e. The zero-order chi connectivity index (χ0) is 24.7. The van der Waals surface area contributed by atoms with Crippen LogP contribution >= 0.6 is 11.6 Å². The molecule has 2 aliphatic heterocycles. The van der Waals surface area contributed by atoms with Crippen molar-refractivity contribution < 1.29 is 18.8 Å². The van der Waals surface area contributed by atoms with Gasteiger partial charge in [-0.3, -0.25) is 19.1 Å². The van der Waals surface area contributed by atoms with E-state index in [0.717, 1.165) is 5.56 Å². The van der Waals surface area contributed by atoms with Gasteiger partial charge in [0.1, 0.15) is 11.9 Å². The van der Waals surface area contributed by atoms with Crippen LogP contribution in [0.3, 0.4) is 0 Å². The zero-order valence-electron chi connectivity index (χ0n) is 19.0. The molecule has 0 saturated carbocycles. The summed E-state index contributed by atoms with van der Waals surface area (Å²) in [5, 5.41) is 7.20. The lowest BCUT2D eigenvalue weighted by Gasteiger charge is -2.39. The standard InChI is InChI=1S/C25H23ClFN5O3/c1-30-13-15(12-28-30)2-7-23(33)31-8-9-32-22(14-31)24(34)29-21-6-3-16(10-19(21)25(32)35)18-5-4-17(26)11-20(18)27/h3-6,10-13,22H,2,7-9,14H2,1H3,(H,29,34). The first-order chi connectivity index (χ1) is 16.8. The first-order valence-electron chi connectivity index (χ1n) is 11.3. The number of hydrogen-bond donors (Lipinski definition) is 1. The van der Waals surface area contributed by atoms with Crippen molar-refractivity contribution >= 4 is 35.0 Å². The first-order valence-corrected chi connectivity index (χ1v) is 11.6. The molecule has 1 saturated heterocycles. The number of carbonyl (C=O) groups excluding carboxylic acids is 3. The lowest BCUT2D eigenvalue weighted by molar-refractivity contribution is -0.135. The molecule has 0 spiro atoms. The normalized spacial score (nSPS) is 17.5. The molecule has 3 heterocycles. The second kappa shape index (κ2) is 9.14. The number of aromatic nitrogens is 2. The van der Waals surface area contributed by atoms with Crippen molar-refractivity contribution in [3.05, 3.63) is 70.8 Å². The van der Waals surface area contributed by atoms with Crippen LogP contribution in [0.4, 0.5) is 10.1 Å². The summed E-state index contributed by atoms with van der Waals surface area (Å²) in [5.41, 5.74) is 2.42. The average molecular weight is 496 g/mol. The number of rotatable bonds is 4. The van der Waals surface area contributed by atoms with Crippen LogP contribution in [0, 0.1) is 5.82 Å². The third kappa shape index (κ3) is 4.51. The average Bonchev–Trinajstić information content (AvgIpc) is 3.23. The van der Waals surface area contributed by atoms with Gasteiger partial charge in [0.15, 0.2) is 0 Å². The summed E-state index contributed by atoms with van der Waals surface area (Å²) in [6.07, 6.45) is 4.44. The summed E-state index contributed by atoms with van der Waals surface area (Å²) >= 11 is 5.86. The number of amides is 3. The van der Waals surface area contributed by atoms with Crippen LogP contribution in [0.1, 0.15) is 22.3 Å². The molecule has 5 rings (SSSR count). The highest BCUT2D eigenvalue weighted by molar-refractivity contribution is 6.30. The SMILES string of the molecule is Cn1cc(CCC(=O)N2CCN3C(=O)c4cc(-c5ccc(Cl)cc5F)ccc4NC(=O)C3C2)cn1. The minimum atomic E-state index is -0.804. The molecule has 1 atom stereocenters. The number of halogens is 2. The Hall–Kier alpha value is -3.72. The van der Waals surface area contributed by atoms with Crippen molar-refractivity contribution in [2.75, 3.05) is 25.0 Å². The molecule has 1 fully saturated rings. The predicted molar refractivity (Wildman–Crippen MR) is 128 cm³/mol. The van der Waals surface area contributed by atoms with Gasteiger partial charge in [0.2, 0.25) is 11.8 Å². The Morgan fingerprint density at radius 2 is 2.00 bits per heavy atom. The number of carbonyl (C=O) groups is 3. The quantitative estimate of drug-likeness (QED) is 0.602. The maximum atomic E-state index is 14.5. The van der Waals surface area contributed by atoms with Crippen molar-refractivity contribution in [2.24, 2.45) is 7.05 Å². The molecule has 0 bridgehead atoms. The first kappa shape index (κ1) is 23.0. The summed E-state index contributed by atoms with van der Waals surface area (Å²) in [6, 6.07) is 8.38. The highest BCUT2D eigenvalue weighted by Crippen LogP contribution is 2.32. The number of nitrogens with zero attached hydrogens (tertiary/aromatic N) is 4. The van der Waals surface area contributed by atoms with Crippen molar-refractivity contribution in [2.45, 2.75) is 18.9 Å². The molecule has 0 radical (unpaired) electrons. The van der Waals surface area contributed by atoms with Gasteiger partial charge in [0.05, 0.1) is 24.0 Å². The van der Waals surface area contributed by atoms with E-state index in [4.69, 9.17) is 11.6 Å². The largest absolute Gasteiger partial charge is 0.338 e. The Bertz CT molecular complexity index is 1340. The Labute approximate surface area is 206 Å². The maximum absolute atomic E-state index is 14.5. The van der Waals surface area contributed by atoms with E-state index in [9.17, 15) is 18.8 Å². The Morgan fingerprint density at radius 1 is 1.17 bits per heavy atom. The fourth-order valence-electron chi connectivity index (χ4n) is 4.58. The van der Waals surface area contributed by atoms with Gasteiger partial charge in [-0.1, -0.05) is 17.7 Å². The van der Waals surface area contributed by atoms with E-state index in [0.29, 0.717) is 36.2 Å². The van der Waals surface area contributed by atoms with Crippen molar-refractivity contribution in [3.8, 4) is 11.1 Å². The molecule has 2 aliphatic rings. The van der Waals surface area contributed by atoms with Crippen molar-refractivity contribution in [1.29, 1.82) is 0 Å². The number of benzene rings is 2. The summed E-state index contributed by atoms with van der Waals surface area (Å²) < 4.78 is 16.2. The van der Waals surface area contributed by atoms with Gasteiger partial charge in [0.25, 0.3) is 5.91 Å². The van der Waals surface area contributed by atoms with Gasteiger partial charge in [-0.25, -0.2) is 4.39 Å². The molecule has 3 aromatic rings. The maximum Gasteiger partial charge on any atom is 0.256 e. The lowest BCUT2D eigenvalue weighted by atomic mass is 10.0. The van der Waals surface area contributed by atoms with Crippen molar-refractivity contribution in [3.63, 3.8) is 0 Å². The Balaban J connectivity index is 1.34. The van der Waals surface area contributed by atoms with Gasteiger partial charge in [0, 0.05) is 43.3 Å². The number of nitrogens with one attached hydrogen (secondary N) is 1. The molecular formula is C25H23ClFN5O3. The van der Waals surface area contributed by atoms with Crippen LogP contribution in [0.15, 0.2) is 48.8 Å². The molecule has 1 N–H and O–H groups in total. The van der Waals surface area contributed by atoms with Crippen LogP contribution in [-0.2, 0) is 23.1 Å². The van der Waals surface area contributed by atoms with Gasteiger partial charge >= 0.3 is 0 Å². The van der Waals surface area contributed by atoms with E-state index >= 15 is 0 Å². The molecule has 35 heavy (non-hydrogen) atoms. The zero-order valence-corrected chi connectivity index (χ0v) is 19.8. The van der Waals surface area contributed by atoms with Gasteiger partial charge in [-0.05, 0) is 47.9 Å². The topological polar surface area (TPSA) is 87.5 Å². The number of fused-ring (bicyclic) bond motifs is 2. The molecule has 2 aromatic carbocycles. The van der Waals surface area contributed by atoms with Gasteiger partial charge in [-0.2, -0.15) is 5.10 Å². The van der Waals surface area contributed by atoms with Gasteiger partial charge in [-0.15, -0.1) is 0 Å². The molecular weight excluding hydrogens is 473 g/mol. The molecule has 8 nitrogen and oxygen atoms in total. The second-order valence-electron chi connectivity index (χ2n) is 8.75. The monoisotopic (exact) mass is 495 g/mol. The van der Waals surface area contributed by atoms with Crippen LogP contribution in [0.25, 0.3) is 11.1 Å². The molecule has 0 aliphatic carbocycles. The third-order valence-electron chi connectivity index (χ3n) is 6.43. The van der Waals surface area contributed by atoms with E-state index in [1.807, 2.05) is 13.2 Å². The number of piperazine rings is 1. The van der Waals surface area contributed by atoms with E-state index in [1.165, 1.54) is 11.0 Å². The number of anilines is 1. The highest BCUT2D eigenvalue weighted by atomic mass is 35.5. The molecule has 3 amide bonds. The number of aryl methyl sites for hydroxylation is 2. The van der Waals surface area contributed by atoms with E-state index < -0.39 is 11.9 Å². The molecule has 1 aromatic heterocycles. The fraction of sp³-hybridized carbons (Fsp3) is 0.280. The minimum absolute atomic E-state index is 0.0731. The number of hydrogen-bond acceptors (Lipinski definition) is 4. The van der Waals surface area contributed by atoms with Crippen LogP contribution in [0.2, 0.25) is 5.02 Å². The summed E-state index contributed by atoms with van der Waals surface area (Å²) in [4.78, 5) is 42.4. The predicted octanol–water partition coefficient (Wildman–Crippen LogP) is 3.12. The summed E-state index contributed by atoms with van der Waals surface area (Å²) in [7, 11) is 1.82. The fourth-order valence-corrected chi connectivity index (χ4v) is 4.74. The second-order valence-corrected chi connectivity index (χ2v) is 9.19. The van der Waals surface area contributed by atoms with E-state index in [2.05, 4.69) is 10.4 Å². The van der Waals surface area contributed by atoms with Gasteiger partial charge < -0.3 is 15.1 Å². The van der Waals surface area contributed by atoms with E-state index in [1.54, 1.807) is 46.1 Å². The summed E-state index contributed by atoms with van der Waals surface area (Å²) in [6.45, 7) is 0.687. The lowest BCUT2D eigenvalue weighted by Crippen LogP contribution is -2.59. The Morgan fingerprint density at radius 3 is 2.74 bits per heavy atom. The highest BCUT2D eigenvalue weighted by Gasteiger charge is 2.40. The molecule has 1 unspecified atom stereocenters.